The van der Waals surface area contributed by atoms with Crippen molar-refractivity contribution in [1.82, 2.24) is 10.2 Å². The SMILES string of the molecule is CC1N=C(C2C=CC=CC2)NC(N(C)C)=N1. The second kappa shape index (κ2) is 4.51. The molecule has 0 aromatic rings. The van der Waals surface area contributed by atoms with Crippen molar-refractivity contribution in [2.45, 2.75) is 19.5 Å². The van der Waals surface area contributed by atoms with Gasteiger partial charge in [0.1, 0.15) is 12.0 Å². The zero-order chi connectivity index (χ0) is 11.5. The van der Waals surface area contributed by atoms with E-state index in [2.05, 4.69) is 39.6 Å². The Labute approximate surface area is 96.5 Å². The number of nitrogens with zero attached hydrogens (tertiary/aromatic N) is 3. The van der Waals surface area contributed by atoms with Crippen molar-refractivity contribution in [3.8, 4) is 0 Å². The van der Waals surface area contributed by atoms with E-state index in [9.17, 15) is 0 Å². The first kappa shape index (κ1) is 10.9. The Morgan fingerprint density at radius 3 is 2.75 bits per heavy atom. The number of allylic oxidation sites excluding steroid dienone is 3. The molecule has 0 saturated carbocycles. The first-order valence-corrected chi connectivity index (χ1v) is 5.60. The van der Waals surface area contributed by atoms with Gasteiger partial charge in [-0.05, 0) is 13.3 Å². The lowest BCUT2D eigenvalue weighted by Crippen LogP contribution is -2.46. The largest absolute Gasteiger partial charge is 0.349 e. The van der Waals surface area contributed by atoms with Gasteiger partial charge in [-0.15, -0.1) is 0 Å². The minimum atomic E-state index is 0.00737. The maximum atomic E-state index is 4.54. The minimum Gasteiger partial charge on any atom is -0.349 e. The van der Waals surface area contributed by atoms with Crippen LogP contribution in [0.2, 0.25) is 0 Å². The fraction of sp³-hybridized carbons (Fsp3) is 0.500. The predicted octanol–water partition coefficient (Wildman–Crippen LogP) is 1.38. The lowest BCUT2D eigenvalue weighted by molar-refractivity contribution is 0.576. The van der Waals surface area contributed by atoms with Crippen LogP contribution in [-0.2, 0) is 0 Å². The number of guanidine groups is 1. The standard InChI is InChI=1S/C12H18N4/c1-9-13-11(10-7-5-4-6-8-10)15-12(14-9)16(2)3/h4-7,9-10H,8H2,1-3H3,(H,13,14,15). The average Bonchev–Trinajstić information content (AvgIpc) is 2.29. The third-order valence-corrected chi connectivity index (χ3v) is 2.63. The molecule has 2 aliphatic rings. The van der Waals surface area contributed by atoms with E-state index in [1.807, 2.05) is 25.9 Å². The van der Waals surface area contributed by atoms with Gasteiger partial charge in [-0.25, -0.2) is 9.98 Å². The Bertz CT molecular complexity index is 376. The van der Waals surface area contributed by atoms with E-state index in [0.717, 1.165) is 18.2 Å². The van der Waals surface area contributed by atoms with E-state index >= 15 is 0 Å². The summed E-state index contributed by atoms with van der Waals surface area (Å²) in [6.45, 7) is 2.01. The first-order valence-electron chi connectivity index (χ1n) is 5.60. The molecule has 0 fully saturated rings. The molecule has 4 nitrogen and oxygen atoms in total. The average molecular weight is 218 g/mol. The molecule has 16 heavy (non-hydrogen) atoms. The van der Waals surface area contributed by atoms with Gasteiger partial charge in [0.15, 0.2) is 0 Å². The summed E-state index contributed by atoms with van der Waals surface area (Å²) in [5.74, 6) is 2.27. The van der Waals surface area contributed by atoms with E-state index in [0.29, 0.717) is 5.92 Å². The Morgan fingerprint density at radius 2 is 2.12 bits per heavy atom. The number of amidine groups is 1. The molecular formula is C12H18N4. The summed E-state index contributed by atoms with van der Waals surface area (Å²) in [5.41, 5.74) is 0. The molecule has 1 heterocycles. The summed E-state index contributed by atoms with van der Waals surface area (Å²) in [6.07, 6.45) is 9.51. The van der Waals surface area contributed by atoms with Crippen LogP contribution in [0.15, 0.2) is 34.3 Å². The molecule has 0 amide bonds. The molecule has 4 heteroatoms. The third kappa shape index (κ3) is 2.32. The highest BCUT2D eigenvalue weighted by Crippen LogP contribution is 2.15. The fourth-order valence-corrected chi connectivity index (χ4v) is 1.79. The molecular weight excluding hydrogens is 200 g/mol. The van der Waals surface area contributed by atoms with E-state index in [1.54, 1.807) is 0 Å². The van der Waals surface area contributed by atoms with E-state index in [1.165, 1.54) is 0 Å². The smallest absolute Gasteiger partial charge is 0.201 e. The van der Waals surface area contributed by atoms with Gasteiger partial charge in [0.2, 0.25) is 5.96 Å². The molecule has 2 atom stereocenters. The van der Waals surface area contributed by atoms with Crippen molar-refractivity contribution < 1.29 is 0 Å². The molecule has 86 valence electrons. The molecule has 2 rings (SSSR count). The predicted molar refractivity (Wildman–Crippen MR) is 67.5 cm³/mol. The van der Waals surface area contributed by atoms with Crippen LogP contribution in [-0.4, -0.2) is 37.0 Å². The quantitative estimate of drug-likeness (QED) is 0.722. The zero-order valence-corrected chi connectivity index (χ0v) is 10.0. The summed E-state index contributed by atoms with van der Waals surface area (Å²) in [7, 11) is 3.97. The van der Waals surface area contributed by atoms with Gasteiger partial charge in [-0.2, -0.15) is 0 Å². The minimum absolute atomic E-state index is 0.00737. The topological polar surface area (TPSA) is 40.0 Å². The van der Waals surface area contributed by atoms with Crippen LogP contribution in [0, 0.1) is 5.92 Å². The van der Waals surface area contributed by atoms with Crippen molar-refractivity contribution >= 4 is 11.8 Å². The maximum absolute atomic E-state index is 4.54. The highest BCUT2D eigenvalue weighted by atomic mass is 15.3. The summed E-state index contributed by atoms with van der Waals surface area (Å²) >= 11 is 0. The number of nitrogens with one attached hydrogen (secondary N) is 1. The van der Waals surface area contributed by atoms with Crippen LogP contribution in [0.1, 0.15) is 13.3 Å². The molecule has 0 aromatic heterocycles. The Hall–Kier alpha value is -1.58. The van der Waals surface area contributed by atoms with Crippen LogP contribution < -0.4 is 5.32 Å². The van der Waals surface area contributed by atoms with Crippen LogP contribution in [0.3, 0.4) is 0 Å². The molecule has 0 bridgehead atoms. The van der Waals surface area contributed by atoms with Gasteiger partial charge in [-0.1, -0.05) is 24.3 Å². The summed E-state index contributed by atoms with van der Waals surface area (Å²) in [4.78, 5) is 11.0. The van der Waals surface area contributed by atoms with Gasteiger partial charge in [0.25, 0.3) is 0 Å². The number of aliphatic imine (C=N–C) groups is 2. The molecule has 0 radical (unpaired) electrons. The molecule has 0 saturated heterocycles. The number of hydrogen-bond acceptors (Lipinski definition) is 4. The lowest BCUT2D eigenvalue weighted by atomic mass is 9.99. The van der Waals surface area contributed by atoms with Crippen LogP contribution in [0.4, 0.5) is 0 Å². The lowest BCUT2D eigenvalue weighted by Gasteiger charge is -2.27. The monoisotopic (exact) mass is 218 g/mol. The summed E-state index contributed by atoms with van der Waals surface area (Å²) < 4.78 is 0. The molecule has 0 spiro atoms. The molecule has 1 N–H and O–H groups in total. The van der Waals surface area contributed by atoms with Crippen molar-refractivity contribution in [3.63, 3.8) is 0 Å². The van der Waals surface area contributed by atoms with Gasteiger partial charge >= 0.3 is 0 Å². The van der Waals surface area contributed by atoms with Gasteiger partial charge < -0.3 is 10.2 Å². The Kier molecular flexibility index (Phi) is 3.08. The molecule has 1 aliphatic carbocycles. The van der Waals surface area contributed by atoms with Crippen molar-refractivity contribution in [2.24, 2.45) is 15.9 Å². The summed E-state index contributed by atoms with van der Waals surface area (Å²) in [5, 5.41) is 3.29. The first-order chi connectivity index (χ1) is 7.66. The van der Waals surface area contributed by atoms with Crippen LogP contribution >= 0.6 is 0 Å². The van der Waals surface area contributed by atoms with Crippen molar-refractivity contribution in [3.05, 3.63) is 24.3 Å². The van der Waals surface area contributed by atoms with Crippen molar-refractivity contribution in [1.29, 1.82) is 0 Å². The second-order valence-corrected chi connectivity index (χ2v) is 4.27. The Balaban J connectivity index is 2.12. The Morgan fingerprint density at radius 1 is 1.31 bits per heavy atom. The number of rotatable bonds is 1. The van der Waals surface area contributed by atoms with Crippen molar-refractivity contribution in [2.75, 3.05) is 14.1 Å². The maximum Gasteiger partial charge on any atom is 0.201 e. The van der Waals surface area contributed by atoms with E-state index in [4.69, 9.17) is 0 Å². The molecule has 1 aliphatic heterocycles. The molecule has 0 aromatic carbocycles. The third-order valence-electron chi connectivity index (χ3n) is 2.63. The fourth-order valence-electron chi connectivity index (χ4n) is 1.79. The van der Waals surface area contributed by atoms with E-state index in [-0.39, 0.29) is 6.17 Å². The molecule has 2 unspecified atom stereocenters. The number of hydrogen-bond donors (Lipinski definition) is 1. The summed E-state index contributed by atoms with van der Waals surface area (Å²) in [6, 6.07) is 0. The normalized spacial score (nSPS) is 28.2. The highest BCUT2D eigenvalue weighted by Gasteiger charge is 2.20. The van der Waals surface area contributed by atoms with Gasteiger partial charge in [-0.3, -0.25) is 0 Å². The van der Waals surface area contributed by atoms with Crippen LogP contribution in [0.25, 0.3) is 0 Å². The zero-order valence-electron chi connectivity index (χ0n) is 10.0. The highest BCUT2D eigenvalue weighted by molar-refractivity contribution is 6.02. The van der Waals surface area contributed by atoms with Gasteiger partial charge in [0, 0.05) is 20.0 Å². The van der Waals surface area contributed by atoms with Crippen LogP contribution in [0.5, 0.6) is 0 Å². The van der Waals surface area contributed by atoms with Gasteiger partial charge in [0.05, 0.1) is 0 Å². The second-order valence-electron chi connectivity index (χ2n) is 4.27. The van der Waals surface area contributed by atoms with E-state index < -0.39 is 0 Å².